The summed E-state index contributed by atoms with van der Waals surface area (Å²) in [7, 11) is 0. The molecule has 230 valence electrons. The number of carbonyl (C=O) groups is 3. The molecule has 4 rings (SSSR count). The summed E-state index contributed by atoms with van der Waals surface area (Å²) in [6.45, 7) is 8.06. The zero-order valence-corrected chi connectivity index (χ0v) is 25.3. The van der Waals surface area contributed by atoms with Crippen molar-refractivity contribution in [3.05, 3.63) is 82.2 Å². The van der Waals surface area contributed by atoms with E-state index in [2.05, 4.69) is 33.1 Å². The van der Waals surface area contributed by atoms with Crippen molar-refractivity contribution >= 4 is 35.1 Å². The number of halogens is 1. The van der Waals surface area contributed by atoms with Crippen molar-refractivity contribution in [1.82, 2.24) is 10.2 Å². The van der Waals surface area contributed by atoms with Gasteiger partial charge in [0.25, 0.3) is 5.91 Å². The van der Waals surface area contributed by atoms with Crippen LogP contribution in [0.4, 0.5) is 10.1 Å². The van der Waals surface area contributed by atoms with Gasteiger partial charge in [-0.2, -0.15) is 5.26 Å². The molecule has 1 atom stereocenters. The lowest BCUT2D eigenvalue weighted by Crippen LogP contribution is -2.48. The molecular formula is C34H38FN5O4. The average Bonchev–Trinajstić information content (AvgIpc) is 3.02. The fourth-order valence-corrected chi connectivity index (χ4v) is 5.76. The van der Waals surface area contributed by atoms with Crippen LogP contribution >= 0.6 is 0 Å². The fourth-order valence-electron chi connectivity index (χ4n) is 5.76. The van der Waals surface area contributed by atoms with Crippen molar-refractivity contribution in [3.8, 4) is 6.07 Å². The van der Waals surface area contributed by atoms with E-state index in [9.17, 15) is 24.0 Å². The minimum atomic E-state index is -1.02. The number of benzene rings is 2. The van der Waals surface area contributed by atoms with Gasteiger partial charge in [-0.15, -0.1) is 0 Å². The number of aliphatic imine (C=N–C) groups is 1. The van der Waals surface area contributed by atoms with Crippen LogP contribution in [0.15, 0.2) is 64.7 Å². The normalized spacial score (nSPS) is 16.9. The van der Waals surface area contributed by atoms with E-state index in [-0.39, 0.29) is 36.1 Å². The molecule has 2 aliphatic heterocycles. The summed E-state index contributed by atoms with van der Waals surface area (Å²) < 4.78 is 14.8. The number of dihydropyridines is 1. The quantitative estimate of drug-likeness (QED) is 0.364. The first-order chi connectivity index (χ1) is 21.1. The van der Waals surface area contributed by atoms with E-state index in [0.717, 1.165) is 49.7 Å². The summed E-state index contributed by atoms with van der Waals surface area (Å²) >= 11 is 0. The number of carboxylic acid groups (broad SMARTS) is 1. The average molecular weight is 600 g/mol. The summed E-state index contributed by atoms with van der Waals surface area (Å²) in [5.74, 6) is -1.79. The van der Waals surface area contributed by atoms with Crippen LogP contribution in [0.5, 0.6) is 0 Å². The Balaban J connectivity index is 1.40. The predicted molar refractivity (Wildman–Crippen MR) is 168 cm³/mol. The van der Waals surface area contributed by atoms with E-state index < -0.39 is 5.97 Å². The van der Waals surface area contributed by atoms with Gasteiger partial charge in [-0.3, -0.25) is 14.6 Å². The highest BCUT2D eigenvalue weighted by molar-refractivity contribution is 6.27. The van der Waals surface area contributed by atoms with Crippen molar-refractivity contribution in [2.45, 2.75) is 58.7 Å². The van der Waals surface area contributed by atoms with E-state index in [1.807, 2.05) is 24.3 Å². The minimum absolute atomic E-state index is 0.0928. The Morgan fingerprint density at radius 2 is 1.91 bits per heavy atom. The number of carboxylic acids is 1. The molecule has 0 aliphatic carbocycles. The highest BCUT2D eigenvalue weighted by atomic mass is 19.1. The number of piperidine rings is 1. The first-order valence-corrected chi connectivity index (χ1v) is 14.8. The topological polar surface area (TPSA) is 126 Å². The molecule has 9 nitrogen and oxygen atoms in total. The van der Waals surface area contributed by atoms with Crippen LogP contribution < -0.4 is 10.2 Å². The number of rotatable bonds is 11. The molecule has 1 amide bonds. The minimum Gasteiger partial charge on any atom is -0.478 e. The third-order valence-corrected chi connectivity index (χ3v) is 8.41. The van der Waals surface area contributed by atoms with E-state index in [0.29, 0.717) is 41.1 Å². The molecule has 0 spiro atoms. The molecule has 2 aliphatic rings. The first-order valence-electron chi connectivity index (χ1n) is 14.8. The van der Waals surface area contributed by atoms with Crippen LogP contribution in [0.2, 0.25) is 0 Å². The number of carbonyl (C=O) groups excluding carboxylic acids is 2. The molecular weight excluding hydrogens is 561 g/mol. The third-order valence-electron chi connectivity index (χ3n) is 8.41. The highest BCUT2D eigenvalue weighted by Gasteiger charge is 2.28. The molecule has 2 aromatic carbocycles. The molecule has 0 aromatic heterocycles. The lowest BCUT2D eigenvalue weighted by molar-refractivity contribution is -0.131. The molecule has 0 saturated carbocycles. The van der Waals surface area contributed by atoms with Crippen LogP contribution in [0.25, 0.3) is 6.08 Å². The van der Waals surface area contributed by atoms with Crippen LogP contribution in [-0.4, -0.2) is 71.6 Å². The number of likely N-dealkylation sites (tertiary alicyclic amines) is 1. The lowest BCUT2D eigenvalue weighted by Gasteiger charge is -2.42. The third kappa shape index (κ3) is 8.05. The maximum absolute atomic E-state index is 14.8. The Bertz CT molecular complexity index is 1530. The number of hydrogen-bond donors (Lipinski definition) is 2. The molecule has 0 bridgehead atoms. The van der Waals surface area contributed by atoms with Crippen molar-refractivity contribution in [2.75, 3.05) is 31.1 Å². The van der Waals surface area contributed by atoms with Crippen LogP contribution in [0.1, 0.15) is 56.7 Å². The van der Waals surface area contributed by atoms with Gasteiger partial charge in [0.2, 0.25) is 0 Å². The van der Waals surface area contributed by atoms with E-state index >= 15 is 0 Å². The molecule has 10 heteroatoms. The monoisotopic (exact) mass is 599 g/mol. The van der Waals surface area contributed by atoms with E-state index in [1.165, 1.54) is 18.2 Å². The summed E-state index contributed by atoms with van der Waals surface area (Å²) in [6, 6.07) is 14.3. The molecule has 0 radical (unpaired) electrons. The fraction of sp³-hybridized carbons (Fsp3) is 0.382. The van der Waals surface area contributed by atoms with Gasteiger partial charge in [0.1, 0.15) is 12.4 Å². The zero-order valence-electron chi connectivity index (χ0n) is 25.3. The smallest absolute Gasteiger partial charge is 0.328 e. The summed E-state index contributed by atoms with van der Waals surface area (Å²) in [4.78, 5) is 44.4. The van der Waals surface area contributed by atoms with Crippen LogP contribution in [0, 0.1) is 17.1 Å². The van der Waals surface area contributed by atoms with E-state index in [1.54, 1.807) is 19.9 Å². The molecule has 1 unspecified atom stereocenters. The second-order valence-corrected chi connectivity index (χ2v) is 11.3. The maximum Gasteiger partial charge on any atom is 0.328 e. The second kappa shape index (κ2) is 14.7. The van der Waals surface area contributed by atoms with Crippen molar-refractivity contribution in [3.63, 3.8) is 0 Å². The van der Waals surface area contributed by atoms with Gasteiger partial charge in [0.05, 0.1) is 17.2 Å². The number of aliphatic carboxylic acids is 1. The lowest BCUT2D eigenvalue weighted by atomic mass is 9.98. The molecule has 44 heavy (non-hydrogen) atoms. The Kier molecular flexibility index (Phi) is 10.8. The van der Waals surface area contributed by atoms with Crippen molar-refractivity contribution in [2.24, 2.45) is 4.99 Å². The van der Waals surface area contributed by atoms with Gasteiger partial charge in [-0.25, -0.2) is 9.18 Å². The Hall–Kier alpha value is -4.62. The maximum atomic E-state index is 14.8. The molecule has 1 saturated heterocycles. The second-order valence-electron chi connectivity index (χ2n) is 11.3. The summed E-state index contributed by atoms with van der Waals surface area (Å²) in [6.07, 6.45) is 5.02. The number of hydrogen-bond acceptors (Lipinski definition) is 7. The first kappa shape index (κ1) is 32.3. The molecule has 1 fully saturated rings. The molecule has 2 N–H and O–H groups in total. The molecule has 2 heterocycles. The largest absolute Gasteiger partial charge is 0.478 e. The highest BCUT2D eigenvalue weighted by Crippen LogP contribution is 2.28. The molecule has 2 aromatic rings. The number of ketones is 1. The number of nitrogens with one attached hydrogen (secondary N) is 1. The Labute approximate surface area is 257 Å². The van der Waals surface area contributed by atoms with Gasteiger partial charge in [0.15, 0.2) is 5.78 Å². The van der Waals surface area contributed by atoms with Crippen LogP contribution in [-0.2, 0) is 20.9 Å². The van der Waals surface area contributed by atoms with Gasteiger partial charge in [-0.05, 0) is 82.0 Å². The van der Waals surface area contributed by atoms with Crippen LogP contribution in [0.3, 0.4) is 0 Å². The van der Waals surface area contributed by atoms with Gasteiger partial charge >= 0.3 is 5.97 Å². The van der Waals surface area contributed by atoms with Crippen molar-refractivity contribution < 1.29 is 23.9 Å². The number of anilines is 1. The van der Waals surface area contributed by atoms with Gasteiger partial charge < -0.3 is 20.2 Å². The standard InChI is InChI=1S/C34H38FN5O4/c1-22(12-15-37-34(44)33-23(2)31(41)20-38-24(33)3)39-16-13-29(14-17-39)40(21-27-18-26(19-36)6-10-30(27)35)28-8-4-25(5-9-28)7-11-32(42)43/h4-11,18,22,29H,12-17,20-21H2,1-3H3,(H,37,44)(H,42,43)/b11-7+. The number of nitrogens with zero attached hydrogens (tertiary/aromatic N) is 4. The number of nitriles is 1. The SMILES string of the molecule is CC1=NCC(=O)C(C)=C1C(=O)NCCC(C)N1CCC(N(Cc2cc(C#N)ccc2F)c2ccc(/C=C/C(=O)O)cc2)CC1. The zero-order chi connectivity index (χ0) is 31.8. The van der Waals surface area contributed by atoms with Gasteiger partial charge in [0, 0.05) is 66.9 Å². The Morgan fingerprint density at radius 3 is 2.57 bits per heavy atom. The van der Waals surface area contributed by atoms with E-state index in [4.69, 9.17) is 5.11 Å². The summed E-state index contributed by atoms with van der Waals surface area (Å²) in [5.41, 5.74) is 3.89. The predicted octanol–water partition coefficient (Wildman–Crippen LogP) is 4.52. The number of Topliss-reactive ketones (excluding diaryl/α,β-unsaturated/α-hetero) is 1. The van der Waals surface area contributed by atoms with Crippen molar-refractivity contribution in [1.29, 1.82) is 5.26 Å². The van der Waals surface area contributed by atoms with Gasteiger partial charge in [-0.1, -0.05) is 12.1 Å². The summed E-state index contributed by atoms with van der Waals surface area (Å²) in [5, 5.41) is 21.3. The Morgan fingerprint density at radius 1 is 1.20 bits per heavy atom. The number of amides is 1.